The molecule has 0 amide bonds. The molecule has 240 valence electrons. The van der Waals surface area contributed by atoms with Crippen LogP contribution in [-0.2, 0) is 0 Å². The number of hydrogen-bond acceptors (Lipinski definition) is 6. The summed E-state index contributed by atoms with van der Waals surface area (Å²) in [6.07, 6.45) is 5.56. The Morgan fingerprint density at radius 3 is 1.58 bits per heavy atom. The van der Waals surface area contributed by atoms with Gasteiger partial charge in [0.2, 0.25) is 5.28 Å². The van der Waals surface area contributed by atoms with Gasteiger partial charge in [0.05, 0.1) is 19.0 Å². The summed E-state index contributed by atoms with van der Waals surface area (Å²) in [4.78, 5) is 20.0. The van der Waals surface area contributed by atoms with Crippen molar-refractivity contribution in [3.8, 4) is 0 Å². The summed E-state index contributed by atoms with van der Waals surface area (Å²) in [5, 5.41) is 1.61. The predicted molar refractivity (Wildman–Crippen MR) is 177 cm³/mol. The molecule has 0 aliphatic carbocycles. The third-order valence-electron chi connectivity index (χ3n) is 7.71. The van der Waals surface area contributed by atoms with Gasteiger partial charge in [-0.3, -0.25) is 0 Å². The van der Waals surface area contributed by atoms with Crippen molar-refractivity contribution in [2.24, 2.45) is 0 Å². The van der Waals surface area contributed by atoms with Crippen LogP contribution < -0.4 is 83.4 Å². The van der Waals surface area contributed by atoms with Crippen molar-refractivity contribution in [2.45, 2.75) is 71.9 Å². The van der Waals surface area contributed by atoms with E-state index < -0.39 is 17.7 Å². The predicted octanol–water partition coefficient (Wildman–Crippen LogP) is 4.56. The molecular weight excluding hydrogens is 907 g/mol. The molecule has 0 radical (unpaired) electrons. The Morgan fingerprint density at radius 1 is 0.711 bits per heavy atom. The second-order valence-corrected chi connectivity index (χ2v) is 13.2. The van der Waals surface area contributed by atoms with Crippen molar-refractivity contribution in [1.29, 1.82) is 0 Å². The Bertz CT molecular complexity index is 1550. The van der Waals surface area contributed by atoms with E-state index in [-0.39, 0.29) is 117 Å². The van der Waals surface area contributed by atoms with Crippen LogP contribution in [-0.4, -0.2) is 45.1 Å². The molecule has 45 heavy (non-hydrogen) atoms. The van der Waals surface area contributed by atoms with Crippen molar-refractivity contribution in [2.75, 3.05) is 22.9 Å². The van der Waals surface area contributed by atoms with Gasteiger partial charge >= 0.3 is 75.0 Å². The number of benzene rings is 2. The van der Waals surface area contributed by atoms with Gasteiger partial charge in [-0.25, -0.2) is 13.8 Å². The zero-order chi connectivity index (χ0) is 30.3. The average Bonchev–Trinajstić information content (AvgIpc) is 2.96. The Labute approximate surface area is 350 Å². The SMILES string of the molecule is C.C[C@H]1CCCCN1c1nc(Cl)nc2c(F)c(Br)c(Cl)cc12.C[C@H]1CCCCN1c1nc(F)nc2c(F)c(Br)c(Cl)cc12.[Cs+].[F-]. The molecule has 0 saturated carbocycles. The van der Waals surface area contributed by atoms with E-state index in [1.807, 2.05) is 4.90 Å². The largest absolute Gasteiger partial charge is 1.00 e. The third kappa shape index (κ3) is 8.92. The van der Waals surface area contributed by atoms with Gasteiger partial charge in [-0.15, -0.1) is 0 Å². The van der Waals surface area contributed by atoms with E-state index in [0.717, 1.165) is 45.2 Å². The molecule has 0 spiro atoms. The molecule has 2 aliphatic heterocycles. The Kier molecular flexibility index (Phi) is 16.4. The Hall–Kier alpha value is 0.322. The fraction of sp³-hybridized carbons (Fsp3) is 0.448. The van der Waals surface area contributed by atoms with Crippen LogP contribution in [0.5, 0.6) is 0 Å². The minimum atomic E-state index is -0.927. The molecule has 0 N–H and O–H groups in total. The normalized spacial score (nSPS) is 18.0. The number of anilines is 2. The van der Waals surface area contributed by atoms with Crippen molar-refractivity contribution < 1.29 is 86.8 Å². The van der Waals surface area contributed by atoms with Crippen molar-refractivity contribution in [3.63, 3.8) is 0 Å². The first-order valence-corrected chi connectivity index (χ1v) is 16.2. The number of rotatable bonds is 2. The van der Waals surface area contributed by atoms with Crippen LogP contribution in [0, 0.1) is 17.7 Å². The first-order valence-electron chi connectivity index (χ1n) is 13.5. The maximum Gasteiger partial charge on any atom is 1.00 e. The number of hydrogen-bond donors (Lipinski definition) is 0. The first-order chi connectivity index (χ1) is 20.0. The molecule has 0 bridgehead atoms. The van der Waals surface area contributed by atoms with E-state index in [2.05, 4.69) is 70.5 Å². The summed E-state index contributed by atoms with van der Waals surface area (Å²) in [5.74, 6) is -0.0964. The van der Waals surface area contributed by atoms with Gasteiger partial charge in [0.1, 0.15) is 22.7 Å². The van der Waals surface area contributed by atoms with Crippen molar-refractivity contribution >= 4 is 100 Å². The van der Waals surface area contributed by atoms with Crippen molar-refractivity contribution in [1.82, 2.24) is 19.9 Å². The summed E-state index contributed by atoms with van der Waals surface area (Å²) < 4.78 is 42.7. The molecule has 2 aromatic heterocycles. The molecular formula is C29H30Br2Cl3CsF4N6. The maximum atomic E-state index is 14.4. The van der Waals surface area contributed by atoms with Crippen LogP contribution in [0.2, 0.25) is 15.3 Å². The van der Waals surface area contributed by atoms with Crippen LogP contribution in [0.1, 0.15) is 59.8 Å². The van der Waals surface area contributed by atoms with E-state index in [1.54, 1.807) is 12.1 Å². The molecule has 6 nitrogen and oxygen atoms in total. The fourth-order valence-electron chi connectivity index (χ4n) is 5.52. The van der Waals surface area contributed by atoms with Crippen molar-refractivity contribution in [3.05, 3.63) is 54.1 Å². The van der Waals surface area contributed by atoms with E-state index in [4.69, 9.17) is 34.8 Å². The fourth-order valence-corrected chi connectivity index (χ4v) is 6.68. The molecule has 0 unspecified atom stereocenters. The topological polar surface area (TPSA) is 58.0 Å². The Balaban J connectivity index is 0.000000294. The summed E-state index contributed by atoms with van der Waals surface area (Å²) >= 11 is 24.3. The number of fused-ring (bicyclic) bond motifs is 2. The molecule has 6 rings (SSSR count). The number of piperidine rings is 2. The molecule has 2 aromatic carbocycles. The summed E-state index contributed by atoms with van der Waals surface area (Å²) in [6.45, 7) is 5.83. The van der Waals surface area contributed by atoms with E-state index in [0.29, 0.717) is 33.5 Å². The summed E-state index contributed by atoms with van der Waals surface area (Å²) in [6, 6.07) is 3.83. The molecule has 4 heterocycles. The number of nitrogens with zero attached hydrogens (tertiary/aromatic N) is 6. The van der Waals surface area contributed by atoms with Crippen LogP contribution in [0.25, 0.3) is 21.8 Å². The molecule has 2 saturated heterocycles. The van der Waals surface area contributed by atoms with Gasteiger partial charge in [-0.05, 0) is 108 Å². The second kappa shape index (κ2) is 17.8. The smallest absolute Gasteiger partial charge is 1.00 e. The van der Waals surface area contributed by atoms with Gasteiger partial charge in [-0.2, -0.15) is 19.3 Å². The number of halogens is 9. The van der Waals surface area contributed by atoms with Crippen LogP contribution in [0.4, 0.5) is 24.8 Å². The molecule has 16 heteroatoms. The molecule has 4 aromatic rings. The zero-order valence-electron chi connectivity index (χ0n) is 24.1. The van der Waals surface area contributed by atoms with Crippen LogP contribution in [0.3, 0.4) is 0 Å². The minimum absolute atomic E-state index is 0. The average molecular weight is 938 g/mol. The Morgan fingerprint density at radius 2 is 1.13 bits per heavy atom. The van der Waals surface area contributed by atoms with Gasteiger partial charge < -0.3 is 14.5 Å². The van der Waals surface area contributed by atoms with E-state index in [1.165, 1.54) is 6.42 Å². The second-order valence-electron chi connectivity index (χ2n) is 10.5. The number of aromatic nitrogens is 4. The molecule has 2 atom stereocenters. The van der Waals surface area contributed by atoms with E-state index in [9.17, 15) is 13.2 Å². The van der Waals surface area contributed by atoms with Gasteiger partial charge in [-0.1, -0.05) is 30.6 Å². The third-order valence-corrected chi connectivity index (χ3v) is 10.5. The molecule has 2 fully saturated rings. The molecule has 2 aliphatic rings. The summed E-state index contributed by atoms with van der Waals surface area (Å²) in [7, 11) is 0. The van der Waals surface area contributed by atoms with Crippen LogP contribution >= 0.6 is 66.7 Å². The van der Waals surface area contributed by atoms with Gasteiger partial charge in [0, 0.05) is 35.9 Å². The monoisotopic (exact) mass is 934 g/mol. The van der Waals surface area contributed by atoms with Gasteiger partial charge in [0.25, 0.3) is 0 Å². The summed E-state index contributed by atoms with van der Waals surface area (Å²) in [5.41, 5.74) is 0.144. The van der Waals surface area contributed by atoms with Crippen LogP contribution in [0.15, 0.2) is 21.1 Å². The quantitative estimate of drug-likeness (QED) is 0.167. The minimum Gasteiger partial charge on any atom is -1.00 e. The first kappa shape index (κ1) is 41.5. The van der Waals surface area contributed by atoms with E-state index >= 15 is 0 Å². The zero-order valence-corrected chi connectivity index (χ0v) is 35.8. The maximum absolute atomic E-state index is 14.4. The van der Waals surface area contributed by atoms with Gasteiger partial charge in [0.15, 0.2) is 11.6 Å². The standard InChI is InChI=1S/C14H13BrCl2FN3.C14H13BrClF2N3.CH4.Cs.FH/c1-7-4-2-3-5-21(7)13-8-6-9(16)10(15)11(18)12(8)19-14(17)20-13;1-7-4-2-3-5-21(7)13-8-6-9(16)10(15)11(17)12(8)19-14(18)20-13;;;/h2*6-7H,2-5H2,1H3;1H4;;1H/q;;;+1;/p-1/t2*7-;;;/m00.../s1.